The van der Waals surface area contributed by atoms with Crippen LogP contribution in [0.5, 0.6) is 11.6 Å². The average molecular weight is 513 g/mol. The lowest BCUT2D eigenvalue weighted by atomic mass is 10.0. The second-order valence-corrected chi connectivity index (χ2v) is 9.38. The molecule has 3 heterocycles. The zero-order valence-corrected chi connectivity index (χ0v) is 21.9. The van der Waals surface area contributed by atoms with Crippen LogP contribution in [0.25, 0.3) is 11.1 Å². The molecule has 196 valence electrons. The Morgan fingerprint density at radius 2 is 1.63 bits per heavy atom. The molecule has 2 aromatic carbocycles. The summed E-state index contributed by atoms with van der Waals surface area (Å²) >= 11 is 0. The van der Waals surface area contributed by atoms with Crippen molar-refractivity contribution in [3.63, 3.8) is 0 Å². The van der Waals surface area contributed by atoms with Gasteiger partial charge in [-0.3, -0.25) is 9.48 Å². The Kier molecular flexibility index (Phi) is 7.23. The molecule has 10 heteroatoms. The molecule has 0 bridgehead atoms. The van der Waals surface area contributed by atoms with E-state index in [4.69, 9.17) is 10.5 Å². The number of ether oxygens (including phenoxy) is 1. The van der Waals surface area contributed by atoms with Crippen molar-refractivity contribution in [3.05, 3.63) is 72.3 Å². The normalized spacial score (nSPS) is 13.9. The molecule has 1 aliphatic heterocycles. The van der Waals surface area contributed by atoms with Crippen LogP contribution in [0.3, 0.4) is 0 Å². The smallest absolute Gasteiger partial charge is 0.271 e. The molecule has 0 saturated carbocycles. The third-order valence-electron chi connectivity index (χ3n) is 6.61. The van der Waals surface area contributed by atoms with Crippen molar-refractivity contribution in [2.24, 2.45) is 12.8 Å². The number of primary amides is 1. The van der Waals surface area contributed by atoms with E-state index in [0.29, 0.717) is 29.4 Å². The molecule has 38 heavy (non-hydrogen) atoms. The van der Waals surface area contributed by atoms with E-state index in [1.807, 2.05) is 31.2 Å². The van der Waals surface area contributed by atoms with E-state index in [1.54, 1.807) is 24.1 Å². The van der Waals surface area contributed by atoms with Gasteiger partial charge in [0.15, 0.2) is 11.5 Å². The third kappa shape index (κ3) is 5.60. The van der Waals surface area contributed by atoms with Gasteiger partial charge in [-0.1, -0.05) is 31.2 Å². The average Bonchev–Trinajstić information content (AvgIpc) is 3.34. The van der Waals surface area contributed by atoms with Gasteiger partial charge in [-0.2, -0.15) is 10.1 Å². The molecule has 4 aromatic rings. The minimum atomic E-state index is -0.673. The largest absolute Gasteiger partial charge is 0.437 e. The highest BCUT2D eigenvalue weighted by atomic mass is 16.5. The molecule has 1 amide bonds. The molecule has 0 spiro atoms. The highest BCUT2D eigenvalue weighted by Crippen LogP contribution is 2.30. The summed E-state index contributed by atoms with van der Waals surface area (Å²) in [7, 11) is 3.96. The van der Waals surface area contributed by atoms with Gasteiger partial charge < -0.3 is 25.6 Å². The van der Waals surface area contributed by atoms with Crippen molar-refractivity contribution in [1.82, 2.24) is 24.6 Å². The summed E-state index contributed by atoms with van der Waals surface area (Å²) in [6.07, 6.45) is 3.90. The number of hydrogen-bond acceptors (Lipinski definition) is 8. The van der Waals surface area contributed by atoms with Crippen LogP contribution in [0.15, 0.2) is 60.9 Å². The fraction of sp³-hybridized carbons (Fsp3) is 0.286. The van der Waals surface area contributed by atoms with Gasteiger partial charge in [0.25, 0.3) is 5.91 Å². The van der Waals surface area contributed by atoms with Crippen molar-refractivity contribution in [3.8, 4) is 22.8 Å². The number of benzene rings is 2. The van der Waals surface area contributed by atoms with E-state index >= 15 is 0 Å². The fourth-order valence-corrected chi connectivity index (χ4v) is 4.40. The number of rotatable bonds is 8. The Labute approximate surface area is 222 Å². The maximum atomic E-state index is 12.1. The lowest BCUT2D eigenvalue weighted by Gasteiger charge is -2.34. The van der Waals surface area contributed by atoms with Gasteiger partial charge in [-0.05, 0) is 48.9 Å². The Bertz CT molecular complexity index is 1410. The van der Waals surface area contributed by atoms with Crippen LogP contribution in [0.1, 0.15) is 23.1 Å². The van der Waals surface area contributed by atoms with Crippen molar-refractivity contribution >= 4 is 23.1 Å². The predicted octanol–water partition coefficient (Wildman–Crippen LogP) is 3.83. The van der Waals surface area contributed by atoms with Crippen LogP contribution in [0.2, 0.25) is 0 Å². The van der Waals surface area contributed by atoms with Crippen LogP contribution in [0.4, 0.5) is 17.2 Å². The molecule has 5 rings (SSSR count). The maximum Gasteiger partial charge on any atom is 0.271 e. The van der Waals surface area contributed by atoms with Crippen molar-refractivity contribution in [1.29, 1.82) is 0 Å². The molecule has 1 fully saturated rings. The van der Waals surface area contributed by atoms with Gasteiger partial charge in [0, 0.05) is 45.1 Å². The molecule has 0 atom stereocenters. The number of nitrogens with zero attached hydrogens (tertiary/aromatic N) is 6. The number of likely N-dealkylation sites (N-methyl/N-ethyl adjacent to an activating group) is 1. The summed E-state index contributed by atoms with van der Waals surface area (Å²) in [6, 6.07) is 16.5. The fourth-order valence-electron chi connectivity index (χ4n) is 4.40. The number of amides is 1. The maximum absolute atomic E-state index is 12.1. The lowest BCUT2D eigenvalue weighted by molar-refractivity contribution is 0.0996. The molecule has 1 aliphatic rings. The summed E-state index contributed by atoms with van der Waals surface area (Å²) in [6.45, 7) is 6.18. The molecule has 3 N–H and O–H groups in total. The van der Waals surface area contributed by atoms with E-state index in [9.17, 15) is 4.79 Å². The van der Waals surface area contributed by atoms with Crippen molar-refractivity contribution in [2.45, 2.75) is 13.3 Å². The Balaban J connectivity index is 1.34. The van der Waals surface area contributed by atoms with Gasteiger partial charge in [-0.15, -0.1) is 0 Å². The standard InChI is InChI=1S/C28H32N8O2/c1-4-24-28(33-27(25(32-24)26(29)37)31-21-17-30-35(3)18-21)38-23-11-7-20(8-12-23)19-5-9-22(10-6-19)36-15-13-34(2)14-16-36/h5-12,17-18H,4,13-16H2,1-3H3,(H2,29,37)(H,31,33). The first-order valence-corrected chi connectivity index (χ1v) is 12.7. The zero-order valence-electron chi connectivity index (χ0n) is 21.9. The topological polar surface area (TPSA) is 114 Å². The number of carbonyl (C=O) groups is 1. The van der Waals surface area contributed by atoms with Crippen LogP contribution >= 0.6 is 0 Å². The number of nitrogens with one attached hydrogen (secondary N) is 1. The van der Waals surface area contributed by atoms with Crippen LogP contribution < -0.4 is 20.7 Å². The minimum Gasteiger partial charge on any atom is -0.437 e. The van der Waals surface area contributed by atoms with Crippen molar-refractivity contribution < 1.29 is 9.53 Å². The zero-order chi connectivity index (χ0) is 26.6. The number of aromatic nitrogens is 4. The van der Waals surface area contributed by atoms with Crippen LogP contribution in [0, 0.1) is 0 Å². The van der Waals surface area contributed by atoms with E-state index < -0.39 is 5.91 Å². The predicted molar refractivity (Wildman–Crippen MR) is 148 cm³/mol. The Morgan fingerprint density at radius 1 is 0.974 bits per heavy atom. The number of aryl methyl sites for hydroxylation is 2. The second-order valence-electron chi connectivity index (χ2n) is 9.38. The van der Waals surface area contributed by atoms with Gasteiger partial charge in [0.2, 0.25) is 5.88 Å². The molecular weight excluding hydrogens is 480 g/mol. The molecule has 2 aromatic heterocycles. The lowest BCUT2D eigenvalue weighted by Crippen LogP contribution is -2.44. The summed E-state index contributed by atoms with van der Waals surface area (Å²) in [5.74, 6) is 0.474. The minimum absolute atomic E-state index is 0.0495. The monoisotopic (exact) mass is 512 g/mol. The summed E-state index contributed by atoms with van der Waals surface area (Å²) in [5.41, 5.74) is 10.3. The Hall–Kier alpha value is -4.44. The molecular formula is C28H32N8O2. The summed E-state index contributed by atoms with van der Waals surface area (Å²) in [5, 5.41) is 7.20. The van der Waals surface area contributed by atoms with Gasteiger partial charge in [-0.25, -0.2) is 4.98 Å². The Morgan fingerprint density at radius 3 is 2.21 bits per heavy atom. The number of anilines is 3. The van der Waals surface area contributed by atoms with Crippen LogP contribution in [-0.2, 0) is 13.5 Å². The summed E-state index contributed by atoms with van der Waals surface area (Å²) < 4.78 is 7.76. The molecule has 0 aliphatic carbocycles. The van der Waals surface area contributed by atoms with E-state index in [1.165, 1.54) is 5.69 Å². The van der Waals surface area contributed by atoms with Gasteiger partial charge >= 0.3 is 0 Å². The molecule has 10 nitrogen and oxygen atoms in total. The SMILES string of the molecule is CCc1nc(C(N)=O)c(Nc2cnn(C)c2)nc1Oc1ccc(-c2ccc(N3CCN(C)CC3)cc2)cc1. The van der Waals surface area contributed by atoms with Crippen LogP contribution in [-0.4, -0.2) is 63.8 Å². The van der Waals surface area contributed by atoms with Gasteiger partial charge in [0.1, 0.15) is 11.4 Å². The quantitative estimate of drug-likeness (QED) is 0.366. The van der Waals surface area contributed by atoms with E-state index in [2.05, 4.69) is 61.5 Å². The van der Waals surface area contributed by atoms with Crippen molar-refractivity contribution in [2.75, 3.05) is 43.4 Å². The molecule has 1 saturated heterocycles. The summed E-state index contributed by atoms with van der Waals surface area (Å²) in [4.78, 5) is 25.9. The first-order chi connectivity index (χ1) is 18.4. The van der Waals surface area contributed by atoms with E-state index in [0.717, 1.165) is 37.3 Å². The molecule has 0 unspecified atom stereocenters. The van der Waals surface area contributed by atoms with Gasteiger partial charge in [0.05, 0.1) is 11.9 Å². The first kappa shape index (κ1) is 25.2. The second kappa shape index (κ2) is 10.9. The number of piperazine rings is 1. The number of carbonyl (C=O) groups excluding carboxylic acids is 1. The highest BCUT2D eigenvalue weighted by Gasteiger charge is 2.19. The first-order valence-electron chi connectivity index (χ1n) is 12.7. The number of hydrogen-bond donors (Lipinski definition) is 2. The third-order valence-corrected chi connectivity index (χ3v) is 6.61. The highest BCUT2D eigenvalue weighted by molar-refractivity contribution is 5.96. The van der Waals surface area contributed by atoms with E-state index in [-0.39, 0.29) is 11.5 Å². The number of nitrogens with two attached hydrogens (primary N) is 1. The molecule has 0 radical (unpaired) electrons.